The number of aromatic nitrogens is 4. The number of anilines is 1. The summed E-state index contributed by atoms with van der Waals surface area (Å²) in [6.07, 6.45) is 5.66. The van der Waals surface area contributed by atoms with Crippen LogP contribution in [0.4, 0.5) is 5.82 Å². The van der Waals surface area contributed by atoms with Crippen LogP contribution in [0.1, 0.15) is 16.8 Å². The molecule has 2 heterocycles. The molecule has 2 rings (SSSR count). The van der Waals surface area contributed by atoms with E-state index in [-0.39, 0.29) is 5.91 Å². The Labute approximate surface area is 121 Å². The second-order valence-corrected chi connectivity index (χ2v) is 4.49. The smallest absolute Gasteiger partial charge is 0.252 e. The largest absolute Gasteiger partial charge is 0.372 e. The summed E-state index contributed by atoms with van der Waals surface area (Å²) in [6, 6.07) is 1.59. The summed E-state index contributed by atoms with van der Waals surface area (Å²) >= 11 is 5.98. The third kappa shape index (κ3) is 3.67. The Hall–Kier alpha value is -2.15. The molecule has 0 fully saturated rings. The summed E-state index contributed by atoms with van der Waals surface area (Å²) in [5, 5.41) is 13.6. The summed E-state index contributed by atoms with van der Waals surface area (Å²) in [5.74, 6) is 0.357. The van der Waals surface area contributed by atoms with Gasteiger partial charge in [0.1, 0.15) is 5.82 Å². The molecule has 2 aromatic rings. The van der Waals surface area contributed by atoms with E-state index < -0.39 is 0 Å². The molecule has 20 heavy (non-hydrogen) atoms. The molecule has 0 aliphatic rings. The van der Waals surface area contributed by atoms with Crippen molar-refractivity contribution in [3.05, 3.63) is 35.2 Å². The number of amides is 1. The van der Waals surface area contributed by atoms with Gasteiger partial charge >= 0.3 is 0 Å². The molecular formula is C12H15ClN6O. The molecule has 106 valence electrons. The van der Waals surface area contributed by atoms with Crippen molar-refractivity contribution < 1.29 is 4.79 Å². The van der Waals surface area contributed by atoms with Gasteiger partial charge in [0.15, 0.2) is 0 Å². The predicted octanol–water partition coefficient (Wildman–Crippen LogP) is 1.19. The van der Waals surface area contributed by atoms with E-state index in [1.807, 2.05) is 0 Å². The van der Waals surface area contributed by atoms with Crippen molar-refractivity contribution >= 4 is 23.3 Å². The van der Waals surface area contributed by atoms with Crippen LogP contribution in [-0.4, -0.2) is 39.5 Å². The zero-order chi connectivity index (χ0) is 14.4. The quantitative estimate of drug-likeness (QED) is 0.782. The van der Waals surface area contributed by atoms with Crippen LogP contribution in [0.2, 0.25) is 5.02 Å². The Bertz CT molecular complexity index is 571. The fourth-order valence-electron chi connectivity index (χ4n) is 1.64. The maximum atomic E-state index is 11.9. The first-order valence-corrected chi connectivity index (χ1v) is 6.54. The van der Waals surface area contributed by atoms with Gasteiger partial charge in [-0.2, -0.15) is 0 Å². The van der Waals surface area contributed by atoms with Gasteiger partial charge in [-0.05, 0) is 12.5 Å². The third-order valence-electron chi connectivity index (χ3n) is 2.66. The SMILES string of the molecule is CNc1ncc(C(=O)NCCCn2ccnn2)cc1Cl. The van der Waals surface area contributed by atoms with Crippen LogP contribution in [0.3, 0.4) is 0 Å². The highest BCUT2D eigenvalue weighted by molar-refractivity contribution is 6.33. The number of aryl methyl sites for hydroxylation is 1. The zero-order valence-corrected chi connectivity index (χ0v) is 11.8. The Balaban J connectivity index is 1.81. The molecule has 0 atom stereocenters. The first kappa shape index (κ1) is 14.3. The van der Waals surface area contributed by atoms with Crippen molar-refractivity contribution in [2.45, 2.75) is 13.0 Å². The van der Waals surface area contributed by atoms with Crippen molar-refractivity contribution in [3.8, 4) is 0 Å². The number of nitrogens with zero attached hydrogens (tertiary/aromatic N) is 4. The summed E-state index contributed by atoms with van der Waals surface area (Å²) < 4.78 is 1.71. The molecule has 1 amide bonds. The van der Waals surface area contributed by atoms with Gasteiger partial charge in [0.2, 0.25) is 0 Å². The van der Waals surface area contributed by atoms with Gasteiger partial charge in [-0.25, -0.2) is 4.98 Å². The van der Waals surface area contributed by atoms with E-state index in [0.717, 1.165) is 6.42 Å². The first-order chi connectivity index (χ1) is 9.70. The van der Waals surface area contributed by atoms with Gasteiger partial charge in [0, 0.05) is 32.5 Å². The lowest BCUT2D eigenvalue weighted by atomic mass is 10.2. The number of hydrogen-bond acceptors (Lipinski definition) is 5. The highest BCUT2D eigenvalue weighted by Gasteiger charge is 2.08. The fraction of sp³-hybridized carbons (Fsp3) is 0.333. The van der Waals surface area contributed by atoms with Gasteiger partial charge in [-0.1, -0.05) is 16.8 Å². The molecule has 0 saturated carbocycles. The van der Waals surface area contributed by atoms with Crippen LogP contribution in [0.15, 0.2) is 24.7 Å². The summed E-state index contributed by atoms with van der Waals surface area (Å²) in [4.78, 5) is 16.0. The standard InChI is InChI=1S/C12H15ClN6O/c1-14-11-10(13)7-9(8-16-11)12(20)15-3-2-5-19-6-4-17-18-19/h4,6-8H,2-3,5H2,1H3,(H,14,16)(H,15,20). The van der Waals surface area contributed by atoms with E-state index in [9.17, 15) is 4.79 Å². The Morgan fingerprint density at radius 1 is 1.50 bits per heavy atom. The molecule has 2 aromatic heterocycles. The maximum absolute atomic E-state index is 11.9. The molecular weight excluding hydrogens is 280 g/mol. The Morgan fingerprint density at radius 2 is 2.35 bits per heavy atom. The van der Waals surface area contributed by atoms with Gasteiger partial charge in [0.25, 0.3) is 5.91 Å². The molecule has 0 bridgehead atoms. The van der Waals surface area contributed by atoms with Crippen LogP contribution in [0, 0.1) is 0 Å². The monoisotopic (exact) mass is 294 g/mol. The lowest BCUT2D eigenvalue weighted by molar-refractivity contribution is 0.0952. The molecule has 8 heteroatoms. The third-order valence-corrected chi connectivity index (χ3v) is 2.95. The van der Waals surface area contributed by atoms with E-state index in [0.29, 0.717) is 29.5 Å². The van der Waals surface area contributed by atoms with Gasteiger partial charge in [-0.15, -0.1) is 5.10 Å². The molecule has 0 aliphatic heterocycles. The molecule has 0 radical (unpaired) electrons. The average Bonchev–Trinajstić information content (AvgIpc) is 2.96. The molecule has 0 aliphatic carbocycles. The predicted molar refractivity (Wildman–Crippen MR) is 75.8 cm³/mol. The normalized spacial score (nSPS) is 10.3. The molecule has 0 saturated heterocycles. The Morgan fingerprint density at radius 3 is 3.00 bits per heavy atom. The highest BCUT2D eigenvalue weighted by Crippen LogP contribution is 2.19. The van der Waals surface area contributed by atoms with Gasteiger partial charge in [0.05, 0.1) is 16.8 Å². The van der Waals surface area contributed by atoms with E-state index in [4.69, 9.17) is 11.6 Å². The Kier molecular flexibility index (Phi) is 4.89. The van der Waals surface area contributed by atoms with E-state index in [1.54, 1.807) is 30.2 Å². The van der Waals surface area contributed by atoms with E-state index in [2.05, 4.69) is 25.9 Å². The number of halogens is 1. The molecule has 0 spiro atoms. The highest BCUT2D eigenvalue weighted by atomic mass is 35.5. The van der Waals surface area contributed by atoms with Crippen LogP contribution in [-0.2, 0) is 6.54 Å². The molecule has 2 N–H and O–H groups in total. The maximum Gasteiger partial charge on any atom is 0.252 e. The summed E-state index contributed by atoms with van der Waals surface area (Å²) in [6.45, 7) is 1.25. The summed E-state index contributed by atoms with van der Waals surface area (Å²) in [5.41, 5.74) is 0.440. The number of rotatable bonds is 6. The summed E-state index contributed by atoms with van der Waals surface area (Å²) in [7, 11) is 1.72. The van der Waals surface area contributed by atoms with Crippen molar-refractivity contribution in [1.29, 1.82) is 0 Å². The molecule has 7 nitrogen and oxygen atoms in total. The van der Waals surface area contributed by atoms with Crippen LogP contribution >= 0.6 is 11.6 Å². The minimum Gasteiger partial charge on any atom is -0.372 e. The molecule has 0 aromatic carbocycles. The number of carbonyl (C=O) groups excluding carboxylic acids is 1. The number of nitrogens with one attached hydrogen (secondary N) is 2. The number of pyridine rings is 1. The minimum absolute atomic E-state index is 0.194. The van der Waals surface area contributed by atoms with Crippen molar-refractivity contribution in [1.82, 2.24) is 25.3 Å². The van der Waals surface area contributed by atoms with Crippen molar-refractivity contribution in [2.24, 2.45) is 0 Å². The first-order valence-electron chi connectivity index (χ1n) is 6.16. The van der Waals surface area contributed by atoms with Crippen LogP contribution < -0.4 is 10.6 Å². The topological polar surface area (TPSA) is 84.7 Å². The van der Waals surface area contributed by atoms with Crippen LogP contribution in [0.5, 0.6) is 0 Å². The zero-order valence-electron chi connectivity index (χ0n) is 11.0. The molecule has 0 unspecified atom stereocenters. The van der Waals surface area contributed by atoms with E-state index in [1.165, 1.54) is 6.20 Å². The lowest BCUT2D eigenvalue weighted by Gasteiger charge is -2.07. The van der Waals surface area contributed by atoms with Crippen molar-refractivity contribution in [3.63, 3.8) is 0 Å². The van der Waals surface area contributed by atoms with Crippen molar-refractivity contribution in [2.75, 3.05) is 18.9 Å². The second kappa shape index (κ2) is 6.85. The second-order valence-electron chi connectivity index (χ2n) is 4.08. The van der Waals surface area contributed by atoms with Crippen LogP contribution in [0.25, 0.3) is 0 Å². The van der Waals surface area contributed by atoms with Gasteiger partial charge in [-0.3, -0.25) is 9.48 Å². The lowest BCUT2D eigenvalue weighted by Crippen LogP contribution is -2.25. The van der Waals surface area contributed by atoms with E-state index >= 15 is 0 Å². The number of carbonyl (C=O) groups is 1. The fourth-order valence-corrected chi connectivity index (χ4v) is 1.90. The van der Waals surface area contributed by atoms with Gasteiger partial charge < -0.3 is 10.6 Å². The number of hydrogen-bond donors (Lipinski definition) is 2. The minimum atomic E-state index is -0.194. The average molecular weight is 295 g/mol.